The van der Waals surface area contributed by atoms with E-state index in [1.807, 2.05) is 72.8 Å². The van der Waals surface area contributed by atoms with Gasteiger partial charge >= 0.3 is 6.03 Å². The van der Waals surface area contributed by atoms with Crippen LogP contribution < -0.4 is 21.7 Å². The average Bonchev–Trinajstić information content (AvgIpc) is 3.07. The maximum atomic E-state index is 13.8. The van der Waals surface area contributed by atoms with E-state index < -0.39 is 11.6 Å². The lowest BCUT2D eigenvalue weighted by atomic mass is 9.97. The van der Waals surface area contributed by atoms with Crippen LogP contribution in [-0.4, -0.2) is 52.6 Å². The van der Waals surface area contributed by atoms with Crippen LogP contribution in [0.2, 0.25) is 0 Å². The molecule has 0 aromatic heterocycles. The van der Waals surface area contributed by atoms with Crippen molar-refractivity contribution in [2.75, 3.05) is 13.2 Å². The highest BCUT2D eigenvalue weighted by molar-refractivity contribution is 5.92. The summed E-state index contributed by atoms with van der Waals surface area (Å²) in [4.78, 5) is 40.4. The average molecular weight is 544 g/mol. The van der Waals surface area contributed by atoms with Gasteiger partial charge in [0, 0.05) is 32.6 Å². The van der Waals surface area contributed by atoms with Crippen molar-refractivity contribution in [1.29, 1.82) is 0 Å². The van der Waals surface area contributed by atoms with Crippen LogP contribution in [0.1, 0.15) is 36.1 Å². The van der Waals surface area contributed by atoms with Gasteiger partial charge in [-0.15, -0.1) is 0 Å². The Morgan fingerprint density at radius 2 is 1.70 bits per heavy atom. The SMILES string of the molecule is CC(C)(N)C(=O)N[C@@H]1Cc2ccccc2CN(Cc2ccc(-c3ccccc3)c(CNC(=O)NCCO)c2)C1=O. The summed E-state index contributed by atoms with van der Waals surface area (Å²) in [5, 5.41) is 17.3. The number of nitrogens with two attached hydrogens (primary N) is 1. The third kappa shape index (κ3) is 7.25. The van der Waals surface area contributed by atoms with Gasteiger partial charge < -0.3 is 31.7 Å². The maximum Gasteiger partial charge on any atom is 0.315 e. The molecule has 0 fully saturated rings. The lowest BCUT2D eigenvalue weighted by Gasteiger charge is -2.27. The Bertz CT molecular complexity index is 1350. The second-order valence-electron chi connectivity index (χ2n) is 10.6. The van der Waals surface area contributed by atoms with Gasteiger partial charge in [0.2, 0.25) is 11.8 Å². The monoisotopic (exact) mass is 543 g/mol. The predicted octanol–water partition coefficient (Wildman–Crippen LogP) is 2.45. The first-order valence-electron chi connectivity index (χ1n) is 13.4. The number of aliphatic hydroxyl groups excluding tert-OH is 1. The number of amides is 4. The van der Waals surface area contributed by atoms with Gasteiger partial charge in [0.1, 0.15) is 6.04 Å². The second kappa shape index (κ2) is 12.8. The van der Waals surface area contributed by atoms with Crippen molar-refractivity contribution >= 4 is 17.8 Å². The van der Waals surface area contributed by atoms with Gasteiger partial charge in [0.05, 0.1) is 12.1 Å². The molecule has 1 aliphatic heterocycles. The van der Waals surface area contributed by atoms with Crippen LogP contribution >= 0.6 is 0 Å². The van der Waals surface area contributed by atoms with Crippen molar-refractivity contribution < 1.29 is 19.5 Å². The topological polar surface area (TPSA) is 137 Å². The van der Waals surface area contributed by atoms with E-state index in [4.69, 9.17) is 10.8 Å². The highest BCUT2D eigenvalue weighted by Gasteiger charge is 2.33. The van der Waals surface area contributed by atoms with Crippen molar-refractivity contribution in [3.05, 3.63) is 95.1 Å². The number of hydrogen-bond acceptors (Lipinski definition) is 5. The van der Waals surface area contributed by atoms with E-state index in [1.165, 1.54) is 0 Å². The number of benzene rings is 3. The first kappa shape index (κ1) is 28.8. The lowest BCUT2D eigenvalue weighted by Crippen LogP contribution is -2.56. The third-order valence-corrected chi connectivity index (χ3v) is 6.87. The summed E-state index contributed by atoms with van der Waals surface area (Å²) in [6.07, 6.45) is 0.387. The summed E-state index contributed by atoms with van der Waals surface area (Å²) in [6, 6.07) is 22.6. The number of aliphatic hydroxyl groups is 1. The Morgan fingerprint density at radius 3 is 2.40 bits per heavy atom. The molecular weight excluding hydrogens is 506 g/mol. The standard InChI is InChI=1S/C31H37N5O4/c1-31(2,32)29(39)35-27-17-23-10-6-7-11-24(23)20-36(28(27)38)19-21-12-13-26(22-8-4-3-5-9-22)25(16-21)18-34-30(40)33-14-15-37/h3-13,16,27,37H,14-15,17-20,32H2,1-2H3,(H,35,39)(H2,33,34,40)/t27-/m1/s1. The number of fused-ring (bicyclic) bond motifs is 1. The number of carbonyl (C=O) groups excluding carboxylic acids is 3. The molecule has 0 aliphatic carbocycles. The fourth-order valence-corrected chi connectivity index (χ4v) is 4.73. The molecule has 0 radical (unpaired) electrons. The Kier molecular flexibility index (Phi) is 9.19. The first-order valence-corrected chi connectivity index (χ1v) is 13.4. The molecule has 0 saturated carbocycles. The van der Waals surface area contributed by atoms with Crippen molar-refractivity contribution in [3.8, 4) is 11.1 Å². The van der Waals surface area contributed by atoms with Gasteiger partial charge in [0.25, 0.3) is 0 Å². The first-order chi connectivity index (χ1) is 19.2. The molecule has 3 aromatic rings. The molecule has 0 spiro atoms. The van der Waals surface area contributed by atoms with E-state index in [9.17, 15) is 14.4 Å². The quantitative estimate of drug-likeness (QED) is 0.282. The van der Waals surface area contributed by atoms with Crippen LogP contribution in [0.15, 0.2) is 72.8 Å². The summed E-state index contributed by atoms with van der Waals surface area (Å²) in [5.41, 5.74) is 10.7. The minimum atomic E-state index is -1.12. The molecule has 210 valence electrons. The number of hydrogen-bond donors (Lipinski definition) is 5. The van der Waals surface area contributed by atoms with Gasteiger partial charge in [0.15, 0.2) is 0 Å². The van der Waals surface area contributed by atoms with E-state index in [1.54, 1.807) is 18.7 Å². The van der Waals surface area contributed by atoms with Gasteiger partial charge in [-0.05, 0) is 47.2 Å². The molecule has 4 amide bonds. The van der Waals surface area contributed by atoms with E-state index in [2.05, 4.69) is 16.0 Å². The van der Waals surface area contributed by atoms with Gasteiger partial charge in [-0.1, -0.05) is 72.8 Å². The Balaban J connectivity index is 1.62. The molecular formula is C31H37N5O4. The second-order valence-corrected chi connectivity index (χ2v) is 10.6. The van der Waals surface area contributed by atoms with Crippen molar-refractivity contribution in [1.82, 2.24) is 20.9 Å². The zero-order valence-corrected chi connectivity index (χ0v) is 22.9. The number of nitrogens with zero attached hydrogens (tertiary/aromatic N) is 1. The van der Waals surface area contributed by atoms with Crippen LogP contribution in [0.4, 0.5) is 4.79 Å². The normalized spacial score (nSPS) is 15.2. The molecule has 1 atom stereocenters. The molecule has 0 unspecified atom stereocenters. The van der Waals surface area contributed by atoms with Crippen LogP contribution in [0.25, 0.3) is 11.1 Å². The summed E-state index contributed by atoms with van der Waals surface area (Å²) in [7, 11) is 0. The minimum Gasteiger partial charge on any atom is -0.395 e. The van der Waals surface area contributed by atoms with Crippen molar-refractivity contribution in [3.63, 3.8) is 0 Å². The zero-order valence-electron chi connectivity index (χ0n) is 22.9. The van der Waals surface area contributed by atoms with Crippen LogP contribution in [-0.2, 0) is 35.6 Å². The third-order valence-electron chi connectivity index (χ3n) is 6.87. The number of rotatable bonds is 9. The fraction of sp³-hybridized carbons (Fsp3) is 0.323. The van der Waals surface area contributed by atoms with Crippen LogP contribution in [0, 0.1) is 0 Å². The number of carbonyl (C=O) groups is 3. The van der Waals surface area contributed by atoms with E-state index in [0.29, 0.717) is 19.5 Å². The summed E-state index contributed by atoms with van der Waals surface area (Å²) < 4.78 is 0. The van der Waals surface area contributed by atoms with Gasteiger partial charge in [-0.25, -0.2) is 4.79 Å². The molecule has 0 saturated heterocycles. The van der Waals surface area contributed by atoms with Crippen LogP contribution in [0.5, 0.6) is 0 Å². The molecule has 0 bridgehead atoms. The van der Waals surface area contributed by atoms with Crippen molar-refractivity contribution in [2.45, 2.75) is 51.5 Å². The predicted molar refractivity (Wildman–Crippen MR) is 154 cm³/mol. The smallest absolute Gasteiger partial charge is 0.315 e. The highest BCUT2D eigenvalue weighted by atomic mass is 16.3. The van der Waals surface area contributed by atoms with Gasteiger partial charge in [-0.3, -0.25) is 9.59 Å². The summed E-state index contributed by atoms with van der Waals surface area (Å²) in [6.45, 7) is 4.24. The molecule has 9 heteroatoms. The number of urea groups is 1. The van der Waals surface area contributed by atoms with E-state index in [0.717, 1.165) is 33.4 Å². The van der Waals surface area contributed by atoms with E-state index in [-0.39, 0.29) is 37.5 Å². The Hall–Kier alpha value is -4.21. The minimum absolute atomic E-state index is 0.143. The van der Waals surface area contributed by atoms with E-state index >= 15 is 0 Å². The van der Waals surface area contributed by atoms with Crippen LogP contribution in [0.3, 0.4) is 0 Å². The van der Waals surface area contributed by atoms with Gasteiger partial charge in [-0.2, -0.15) is 0 Å². The molecule has 6 N–H and O–H groups in total. The zero-order chi connectivity index (χ0) is 28.7. The molecule has 4 rings (SSSR count). The molecule has 1 aliphatic rings. The summed E-state index contributed by atoms with van der Waals surface area (Å²) >= 11 is 0. The molecule has 40 heavy (non-hydrogen) atoms. The van der Waals surface area contributed by atoms with Crippen molar-refractivity contribution in [2.24, 2.45) is 5.73 Å². The molecule has 3 aromatic carbocycles. The Labute approximate surface area is 234 Å². The lowest BCUT2D eigenvalue weighted by molar-refractivity contribution is -0.138. The summed E-state index contributed by atoms with van der Waals surface area (Å²) in [5.74, 6) is -0.561. The maximum absolute atomic E-state index is 13.8. The highest BCUT2D eigenvalue weighted by Crippen LogP contribution is 2.27. The number of nitrogens with one attached hydrogen (secondary N) is 3. The molecule has 1 heterocycles. The Morgan fingerprint density at radius 1 is 1.00 bits per heavy atom. The largest absolute Gasteiger partial charge is 0.395 e. The fourth-order valence-electron chi connectivity index (χ4n) is 4.73. The molecule has 9 nitrogen and oxygen atoms in total.